The molecule has 2 rings (SSSR count). The number of hydrogen-bond donors (Lipinski definition) is 0. The smallest absolute Gasteiger partial charge is 0.257 e. The number of ether oxygens (including phenoxy) is 1. The van der Waals surface area contributed by atoms with Crippen LogP contribution in [0.5, 0.6) is 5.75 Å². The molecule has 1 amide bonds. The summed E-state index contributed by atoms with van der Waals surface area (Å²) in [4.78, 5) is 16.7. The van der Waals surface area contributed by atoms with E-state index in [4.69, 9.17) is 10.00 Å². The summed E-state index contributed by atoms with van der Waals surface area (Å²) in [6.07, 6.45) is 0.543. The predicted molar refractivity (Wildman–Crippen MR) is 80.2 cm³/mol. The molecule has 112 valence electrons. The molecule has 0 bridgehead atoms. The number of hydrogen-bond acceptors (Lipinski definition) is 4. The van der Waals surface area contributed by atoms with Gasteiger partial charge in [-0.2, -0.15) is 5.26 Å². The van der Waals surface area contributed by atoms with E-state index in [1.807, 2.05) is 36.1 Å². The molecule has 5 heteroatoms. The molecule has 1 heterocycles. The average Bonchev–Trinajstić information content (AvgIpc) is 2.53. The first-order valence-corrected chi connectivity index (χ1v) is 7.36. The van der Waals surface area contributed by atoms with Crippen molar-refractivity contribution in [3.63, 3.8) is 0 Å². The number of nitrogens with zero attached hydrogens (tertiary/aromatic N) is 3. The van der Waals surface area contributed by atoms with Crippen molar-refractivity contribution in [2.24, 2.45) is 0 Å². The minimum Gasteiger partial charge on any atom is -0.493 e. The standard InChI is InChI=1S/C16H21N3O2/c1-2-21-15-7-4-3-6-14(15)16(20)19-12-10-18(11-13-19)9-5-8-17/h3-4,6-7H,2,5,9-13H2,1H3. The zero-order valence-corrected chi connectivity index (χ0v) is 12.4. The van der Waals surface area contributed by atoms with Gasteiger partial charge in [-0.15, -0.1) is 0 Å². The number of benzene rings is 1. The van der Waals surface area contributed by atoms with Crippen LogP contribution < -0.4 is 4.74 Å². The number of carbonyl (C=O) groups excluding carboxylic acids is 1. The molecule has 0 atom stereocenters. The Labute approximate surface area is 125 Å². The molecule has 1 aromatic carbocycles. The van der Waals surface area contributed by atoms with Crippen molar-refractivity contribution in [2.45, 2.75) is 13.3 Å². The summed E-state index contributed by atoms with van der Waals surface area (Å²) >= 11 is 0. The molecule has 0 saturated carbocycles. The number of amides is 1. The summed E-state index contributed by atoms with van der Waals surface area (Å²) in [7, 11) is 0. The maximum atomic E-state index is 12.6. The van der Waals surface area contributed by atoms with E-state index >= 15 is 0 Å². The van der Waals surface area contributed by atoms with Gasteiger partial charge in [0.05, 0.1) is 18.2 Å². The third-order valence-corrected chi connectivity index (χ3v) is 3.62. The normalized spacial score (nSPS) is 15.5. The second kappa shape index (κ2) is 7.65. The summed E-state index contributed by atoms with van der Waals surface area (Å²) < 4.78 is 5.53. The van der Waals surface area contributed by atoms with Crippen LogP contribution in [0.4, 0.5) is 0 Å². The predicted octanol–water partition coefficient (Wildman–Crippen LogP) is 1.76. The maximum absolute atomic E-state index is 12.6. The molecule has 1 aliphatic heterocycles. The van der Waals surface area contributed by atoms with Crippen molar-refractivity contribution < 1.29 is 9.53 Å². The van der Waals surface area contributed by atoms with E-state index in [9.17, 15) is 4.79 Å². The molecule has 0 unspecified atom stereocenters. The number of carbonyl (C=O) groups is 1. The SMILES string of the molecule is CCOc1ccccc1C(=O)N1CCN(CCC#N)CC1. The topological polar surface area (TPSA) is 56.6 Å². The highest BCUT2D eigenvalue weighted by Gasteiger charge is 2.23. The van der Waals surface area contributed by atoms with Crippen LogP contribution in [0.15, 0.2) is 24.3 Å². The lowest BCUT2D eigenvalue weighted by molar-refractivity contribution is 0.0636. The molecule has 0 spiro atoms. The number of nitriles is 1. The van der Waals surface area contributed by atoms with Crippen LogP contribution in [-0.4, -0.2) is 55.0 Å². The van der Waals surface area contributed by atoms with E-state index < -0.39 is 0 Å². The molecule has 5 nitrogen and oxygen atoms in total. The Hall–Kier alpha value is -2.06. The fourth-order valence-corrected chi connectivity index (χ4v) is 2.48. The minimum absolute atomic E-state index is 0.0268. The van der Waals surface area contributed by atoms with Crippen LogP contribution in [0.1, 0.15) is 23.7 Å². The fourth-order valence-electron chi connectivity index (χ4n) is 2.48. The summed E-state index contributed by atoms with van der Waals surface area (Å²) in [5.74, 6) is 0.677. The number of rotatable bonds is 5. The molecular formula is C16H21N3O2. The van der Waals surface area contributed by atoms with Crippen LogP contribution in [0.25, 0.3) is 0 Å². The quantitative estimate of drug-likeness (QED) is 0.828. The van der Waals surface area contributed by atoms with Crippen molar-refractivity contribution in [3.8, 4) is 11.8 Å². The van der Waals surface area contributed by atoms with Crippen molar-refractivity contribution >= 4 is 5.91 Å². The van der Waals surface area contributed by atoms with Gasteiger partial charge >= 0.3 is 0 Å². The van der Waals surface area contributed by atoms with E-state index in [1.165, 1.54) is 0 Å². The zero-order valence-electron chi connectivity index (χ0n) is 12.4. The van der Waals surface area contributed by atoms with E-state index in [1.54, 1.807) is 0 Å². The Morgan fingerprint density at radius 1 is 1.29 bits per heavy atom. The lowest BCUT2D eigenvalue weighted by Crippen LogP contribution is -2.48. The van der Waals surface area contributed by atoms with Gasteiger partial charge in [-0.3, -0.25) is 9.69 Å². The van der Waals surface area contributed by atoms with Crippen LogP contribution in [0.2, 0.25) is 0 Å². The molecule has 0 aliphatic carbocycles. The summed E-state index contributed by atoms with van der Waals surface area (Å²) in [5.41, 5.74) is 0.629. The first-order chi connectivity index (χ1) is 10.3. The van der Waals surface area contributed by atoms with Crippen molar-refractivity contribution in [3.05, 3.63) is 29.8 Å². The number of piperazine rings is 1. The Morgan fingerprint density at radius 2 is 2.00 bits per heavy atom. The minimum atomic E-state index is 0.0268. The Balaban J connectivity index is 1.97. The highest BCUT2D eigenvalue weighted by Crippen LogP contribution is 2.20. The lowest BCUT2D eigenvalue weighted by atomic mass is 10.1. The largest absolute Gasteiger partial charge is 0.493 e. The van der Waals surface area contributed by atoms with Crippen LogP contribution in [0.3, 0.4) is 0 Å². The van der Waals surface area contributed by atoms with Crippen LogP contribution in [0, 0.1) is 11.3 Å². The highest BCUT2D eigenvalue weighted by atomic mass is 16.5. The summed E-state index contributed by atoms with van der Waals surface area (Å²) in [5, 5.41) is 8.61. The van der Waals surface area contributed by atoms with Gasteiger partial charge in [0.25, 0.3) is 5.91 Å². The van der Waals surface area contributed by atoms with E-state index in [0.29, 0.717) is 37.4 Å². The molecule has 1 aromatic rings. The maximum Gasteiger partial charge on any atom is 0.257 e. The molecule has 1 saturated heterocycles. The molecule has 0 aromatic heterocycles. The van der Waals surface area contributed by atoms with Gasteiger partial charge in [0, 0.05) is 39.1 Å². The third kappa shape index (κ3) is 3.96. The average molecular weight is 287 g/mol. The van der Waals surface area contributed by atoms with Crippen LogP contribution in [-0.2, 0) is 0 Å². The Bertz CT molecular complexity index is 516. The second-order valence-electron chi connectivity index (χ2n) is 4.97. The van der Waals surface area contributed by atoms with Crippen molar-refractivity contribution in [1.29, 1.82) is 5.26 Å². The van der Waals surface area contributed by atoms with Crippen molar-refractivity contribution in [1.82, 2.24) is 9.80 Å². The number of para-hydroxylation sites is 1. The second-order valence-corrected chi connectivity index (χ2v) is 4.97. The summed E-state index contributed by atoms with van der Waals surface area (Å²) in [6.45, 7) is 6.29. The first-order valence-electron chi connectivity index (χ1n) is 7.36. The van der Waals surface area contributed by atoms with Crippen LogP contribution >= 0.6 is 0 Å². The third-order valence-electron chi connectivity index (χ3n) is 3.62. The zero-order chi connectivity index (χ0) is 15.1. The molecule has 1 fully saturated rings. The molecule has 0 radical (unpaired) electrons. The Kier molecular flexibility index (Phi) is 5.59. The molecule has 21 heavy (non-hydrogen) atoms. The fraction of sp³-hybridized carbons (Fsp3) is 0.500. The van der Waals surface area contributed by atoms with Crippen molar-refractivity contribution in [2.75, 3.05) is 39.3 Å². The van der Waals surface area contributed by atoms with Gasteiger partial charge in [0.15, 0.2) is 0 Å². The van der Waals surface area contributed by atoms with E-state index in [-0.39, 0.29) is 5.91 Å². The highest BCUT2D eigenvalue weighted by molar-refractivity contribution is 5.97. The van der Waals surface area contributed by atoms with Gasteiger partial charge in [-0.1, -0.05) is 12.1 Å². The molecule has 1 aliphatic rings. The van der Waals surface area contributed by atoms with Gasteiger partial charge in [-0.25, -0.2) is 0 Å². The summed E-state index contributed by atoms with van der Waals surface area (Å²) in [6, 6.07) is 9.54. The molecular weight excluding hydrogens is 266 g/mol. The van der Waals surface area contributed by atoms with Gasteiger partial charge in [0.1, 0.15) is 5.75 Å². The van der Waals surface area contributed by atoms with Gasteiger partial charge in [0.2, 0.25) is 0 Å². The van der Waals surface area contributed by atoms with E-state index in [2.05, 4.69) is 11.0 Å². The molecule has 0 N–H and O–H groups in total. The van der Waals surface area contributed by atoms with Gasteiger partial charge < -0.3 is 9.64 Å². The monoisotopic (exact) mass is 287 g/mol. The lowest BCUT2D eigenvalue weighted by Gasteiger charge is -2.34. The van der Waals surface area contributed by atoms with Gasteiger partial charge in [-0.05, 0) is 19.1 Å². The Morgan fingerprint density at radius 3 is 2.67 bits per heavy atom. The first kappa shape index (κ1) is 15.3. The van der Waals surface area contributed by atoms with E-state index in [0.717, 1.165) is 19.6 Å².